The second-order valence-corrected chi connectivity index (χ2v) is 5.88. The summed E-state index contributed by atoms with van der Waals surface area (Å²) in [6.07, 6.45) is 4.03. The quantitative estimate of drug-likeness (QED) is 0.916. The van der Waals surface area contributed by atoms with E-state index in [1.54, 1.807) is 11.3 Å². The van der Waals surface area contributed by atoms with E-state index < -0.39 is 0 Å². The third-order valence-corrected chi connectivity index (χ3v) is 4.01. The van der Waals surface area contributed by atoms with Crippen LogP contribution in [0.5, 0.6) is 0 Å². The number of likely N-dealkylation sites (N-methyl/N-ethyl adjacent to an activating group) is 1. The third kappa shape index (κ3) is 3.91. The van der Waals surface area contributed by atoms with E-state index in [0.29, 0.717) is 6.04 Å². The molecule has 0 aliphatic heterocycles. The average molecular weight is 311 g/mol. The smallest absolute Gasteiger partial charge is 0.0794 e. The molecule has 1 heterocycles. The third-order valence-electron chi connectivity index (χ3n) is 2.71. The normalized spacial score (nSPS) is 12.6. The number of benzene rings is 1. The van der Waals surface area contributed by atoms with E-state index in [-0.39, 0.29) is 0 Å². The van der Waals surface area contributed by atoms with Gasteiger partial charge in [-0.25, -0.2) is 0 Å². The largest absolute Gasteiger partial charge is 0.316 e. The summed E-state index contributed by atoms with van der Waals surface area (Å²) in [6.45, 7) is 0. The fourth-order valence-electron chi connectivity index (χ4n) is 1.81. The lowest BCUT2D eigenvalue weighted by atomic mass is 10.0. The minimum atomic E-state index is 0.463. The summed E-state index contributed by atoms with van der Waals surface area (Å²) in [4.78, 5) is 5.45. The first-order chi connectivity index (χ1) is 8.28. The van der Waals surface area contributed by atoms with E-state index >= 15 is 0 Å². The lowest BCUT2D eigenvalue weighted by Crippen LogP contribution is -2.29. The maximum atomic E-state index is 4.11. The number of nitrogens with zero attached hydrogens (tertiary/aromatic N) is 1. The van der Waals surface area contributed by atoms with Gasteiger partial charge in [-0.3, -0.25) is 4.98 Å². The van der Waals surface area contributed by atoms with Crippen molar-refractivity contribution >= 4 is 27.3 Å². The van der Waals surface area contributed by atoms with Crippen LogP contribution in [0, 0.1) is 0 Å². The van der Waals surface area contributed by atoms with E-state index in [4.69, 9.17) is 0 Å². The molecule has 90 valence electrons. The molecule has 1 aromatic heterocycles. The zero-order valence-corrected chi connectivity index (χ0v) is 12.1. The summed E-state index contributed by atoms with van der Waals surface area (Å²) >= 11 is 5.23. The molecule has 0 saturated heterocycles. The minimum Gasteiger partial charge on any atom is -0.316 e. The van der Waals surface area contributed by atoms with Crippen LogP contribution in [-0.4, -0.2) is 18.1 Å². The van der Waals surface area contributed by atoms with Crippen molar-refractivity contribution in [2.24, 2.45) is 0 Å². The number of hydrogen-bond donors (Lipinski definition) is 1. The van der Waals surface area contributed by atoms with Gasteiger partial charge in [0, 0.05) is 21.6 Å². The van der Waals surface area contributed by atoms with Gasteiger partial charge in [0.05, 0.1) is 5.51 Å². The molecule has 0 fully saturated rings. The zero-order chi connectivity index (χ0) is 12.1. The fourth-order valence-corrected chi connectivity index (χ4v) is 2.93. The van der Waals surface area contributed by atoms with Gasteiger partial charge in [-0.2, -0.15) is 0 Å². The molecule has 0 amide bonds. The summed E-state index contributed by atoms with van der Waals surface area (Å²) in [5, 5.41) is 3.37. The molecule has 1 N–H and O–H groups in total. The lowest BCUT2D eigenvalue weighted by molar-refractivity contribution is 0.560. The Bertz CT molecular complexity index is 456. The van der Waals surface area contributed by atoms with Gasteiger partial charge < -0.3 is 5.32 Å². The van der Waals surface area contributed by atoms with Crippen LogP contribution in [0.15, 0.2) is 40.4 Å². The van der Waals surface area contributed by atoms with Gasteiger partial charge in [-0.05, 0) is 37.6 Å². The highest BCUT2D eigenvalue weighted by Gasteiger charge is 2.09. The molecule has 0 aliphatic carbocycles. The highest BCUT2D eigenvalue weighted by Crippen LogP contribution is 2.15. The standard InChI is InChI=1S/C13H15BrN2S/c1-15-12(7-13-8-16-9-17-13)6-10-3-2-4-11(14)5-10/h2-5,8-9,12,15H,6-7H2,1H3. The predicted molar refractivity (Wildman–Crippen MR) is 76.5 cm³/mol. The number of nitrogens with one attached hydrogen (secondary N) is 1. The van der Waals surface area contributed by atoms with Crippen molar-refractivity contribution in [3.8, 4) is 0 Å². The summed E-state index contributed by atoms with van der Waals surface area (Å²) in [5.41, 5.74) is 3.24. The van der Waals surface area contributed by atoms with Crippen molar-refractivity contribution in [1.29, 1.82) is 0 Å². The predicted octanol–water partition coefficient (Wildman–Crippen LogP) is 3.28. The molecular weight excluding hydrogens is 296 g/mol. The molecule has 0 aliphatic rings. The van der Waals surface area contributed by atoms with E-state index in [0.717, 1.165) is 17.3 Å². The van der Waals surface area contributed by atoms with Gasteiger partial charge in [-0.1, -0.05) is 28.1 Å². The van der Waals surface area contributed by atoms with Crippen molar-refractivity contribution in [2.45, 2.75) is 18.9 Å². The van der Waals surface area contributed by atoms with Crippen LogP contribution >= 0.6 is 27.3 Å². The molecule has 0 radical (unpaired) electrons. The molecule has 1 unspecified atom stereocenters. The van der Waals surface area contributed by atoms with Crippen molar-refractivity contribution in [1.82, 2.24) is 10.3 Å². The number of rotatable bonds is 5. The van der Waals surface area contributed by atoms with E-state index in [1.807, 2.05) is 18.8 Å². The number of halogens is 1. The van der Waals surface area contributed by atoms with Gasteiger partial charge >= 0.3 is 0 Å². The molecule has 2 aromatic rings. The van der Waals surface area contributed by atoms with Gasteiger partial charge in [0.2, 0.25) is 0 Å². The molecule has 0 bridgehead atoms. The Balaban J connectivity index is 2.00. The molecular formula is C13H15BrN2S. The second-order valence-electron chi connectivity index (χ2n) is 3.99. The molecule has 0 spiro atoms. The first-order valence-corrected chi connectivity index (χ1v) is 7.24. The number of aromatic nitrogens is 1. The van der Waals surface area contributed by atoms with Crippen LogP contribution in [-0.2, 0) is 12.8 Å². The Morgan fingerprint density at radius 1 is 1.41 bits per heavy atom. The summed E-state index contributed by atoms with van der Waals surface area (Å²) < 4.78 is 1.14. The van der Waals surface area contributed by atoms with Crippen molar-refractivity contribution in [3.05, 3.63) is 50.9 Å². The maximum Gasteiger partial charge on any atom is 0.0794 e. The summed E-state index contributed by atoms with van der Waals surface area (Å²) in [5.74, 6) is 0. The second kappa shape index (κ2) is 6.28. The molecule has 2 rings (SSSR count). The van der Waals surface area contributed by atoms with Crippen LogP contribution in [0.2, 0.25) is 0 Å². The Hall–Kier alpha value is -0.710. The Kier molecular flexibility index (Phi) is 4.71. The fraction of sp³-hybridized carbons (Fsp3) is 0.308. The van der Waals surface area contributed by atoms with E-state index in [1.165, 1.54) is 10.4 Å². The summed E-state index contributed by atoms with van der Waals surface area (Å²) in [7, 11) is 2.02. The van der Waals surface area contributed by atoms with Crippen LogP contribution < -0.4 is 5.32 Å². The highest BCUT2D eigenvalue weighted by atomic mass is 79.9. The zero-order valence-electron chi connectivity index (χ0n) is 9.69. The SMILES string of the molecule is CNC(Cc1cccc(Br)c1)Cc1cncs1. The first kappa shape index (κ1) is 12.7. The molecule has 2 nitrogen and oxygen atoms in total. The monoisotopic (exact) mass is 310 g/mol. The molecule has 1 atom stereocenters. The summed E-state index contributed by atoms with van der Waals surface area (Å²) in [6, 6.07) is 8.95. The topological polar surface area (TPSA) is 24.9 Å². The molecule has 1 aromatic carbocycles. The Morgan fingerprint density at radius 2 is 2.29 bits per heavy atom. The number of hydrogen-bond acceptors (Lipinski definition) is 3. The Labute approximate surface area is 114 Å². The van der Waals surface area contributed by atoms with E-state index in [2.05, 4.69) is 50.5 Å². The first-order valence-electron chi connectivity index (χ1n) is 5.57. The van der Waals surface area contributed by atoms with Gasteiger partial charge in [0.1, 0.15) is 0 Å². The van der Waals surface area contributed by atoms with Crippen molar-refractivity contribution in [2.75, 3.05) is 7.05 Å². The Morgan fingerprint density at radius 3 is 2.94 bits per heavy atom. The highest BCUT2D eigenvalue weighted by molar-refractivity contribution is 9.10. The lowest BCUT2D eigenvalue weighted by Gasteiger charge is -2.15. The van der Waals surface area contributed by atoms with Crippen molar-refractivity contribution in [3.63, 3.8) is 0 Å². The maximum absolute atomic E-state index is 4.11. The van der Waals surface area contributed by atoms with Crippen LogP contribution in [0.3, 0.4) is 0 Å². The van der Waals surface area contributed by atoms with Crippen LogP contribution in [0.1, 0.15) is 10.4 Å². The van der Waals surface area contributed by atoms with Crippen LogP contribution in [0.25, 0.3) is 0 Å². The van der Waals surface area contributed by atoms with Gasteiger partial charge in [-0.15, -0.1) is 11.3 Å². The van der Waals surface area contributed by atoms with Gasteiger partial charge in [0.15, 0.2) is 0 Å². The minimum absolute atomic E-state index is 0.463. The molecule has 17 heavy (non-hydrogen) atoms. The van der Waals surface area contributed by atoms with Crippen molar-refractivity contribution < 1.29 is 0 Å². The molecule has 4 heteroatoms. The van der Waals surface area contributed by atoms with Gasteiger partial charge in [0.25, 0.3) is 0 Å². The molecule has 0 saturated carbocycles. The number of thiazole rings is 1. The van der Waals surface area contributed by atoms with Crippen LogP contribution in [0.4, 0.5) is 0 Å². The van der Waals surface area contributed by atoms with E-state index in [9.17, 15) is 0 Å². The average Bonchev–Trinajstić information content (AvgIpc) is 2.81.